The van der Waals surface area contributed by atoms with E-state index in [9.17, 15) is 9.59 Å². The first kappa shape index (κ1) is 22.7. The van der Waals surface area contributed by atoms with Crippen LogP contribution in [0.25, 0.3) is 10.9 Å². The highest BCUT2D eigenvalue weighted by molar-refractivity contribution is 5.98. The molecule has 7 nitrogen and oxygen atoms in total. The highest BCUT2D eigenvalue weighted by Gasteiger charge is 2.23. The molecule has 7 heteroatoms. The minimum atomic E-state index is -0.0642. The molecule has 0 spiro atoms. The van der Waals surface area contributed by atoms with E-state index in [0.717, 1.165) is 24.0 Å². The second-order valence-electron chi connectivity index (χ2n) is 8.61. The summed E-state index contributed by atoms with van der Waals surface area (Å²) in [6.45, 7) is 3.41. The first-order valence-electron chi connectivity index (χ1n) is 11.9. The van der Waals surface area contributed by atoms with Crippen molar-refractivity contribution in [2.75, 3.05) is 38.0 Å². The van der Waals surface area contributed by atoms with Crippen LogP contribution < -0.4 is 10.1 Å². The van der Waals surface area contributed by atoms with E-state index in [-0.39, 0.29) is 11.8 Å². The smallest absolute Gasteiger partial charge is 0.270 e. The number of carbonyl (C=O) groups excluding carboxylic acids is 2. The van der Waals surface area contributed by atoms with Crippen molar-refractivity contribution < 1.29 is 14.3 Å². The molecule has 2 N–H and O–H groups in total. The summed E-state index contributed by atoms with van der Waals surface area (Å²) < 4.78 is 5.93. The highest BCUT2D eigenvalue weighted by Crippen LogP contribution is 2.29. The monoisotopic (exact) mass is 468 g/mol. The maximum Gasteiger partial charge on any atom is 0.270 e. The summed E-state index contributed by atoms with van der Waals surface area (Å²) in [6, 6.07) is 26.7. The molecule has 35 heavy (non-hydrogen) atoms. The average Bonchev–Trinajstić information content (AvgIpc) is 3.34. The zero-order valence-corrected chi connectivity index (χ0v) is 19.4. The standard InChI is InChI=1S/C28H28N4O3/c33-27(30-24-12-6-7-13-26(24)35-22-9-2-1-3-10-22)14-15-31-16-18-32(19-17-31)28(34)25-20-21-8-4-5-11-23(21)29-25/h1-13,20,29H,14-19H2,(H,30,33). The Morgan fingerprint density at radius 3 is 2.37 bits per heavy atom. The maximum atomic E-state index is 12.9. The number of benzene rings is 3. The Morgan fingerprint density at radius 2 is 1.57 bits per heavy atom. The number of aromatic nitrogens is 1. The molecule has 0 unspecified atom stereocenters. The highest BCUT2D eigenvalue weighted by atomic mass is 16.5. The molecule has 0 saturated carbocycles. The molecule has 1 fully saturated rings. The molecular weight excluding hydrogens is 440 g/mol. The molecular formula is C28H28N4O3. The van der Waals surface area contributed by atoms with Crippen LogP contribution in [0.2, 0.25) is 0 Å². The molecule has 0 atom stereocenters. The largest absolute Gasteiger partial charge is 0.455 e. The molecule has 1 saturated heterocycles. The van der Waals surface area contributed by atoms with Crippen molar-refractivity contribution in [3.8, 4) is 11.5 Å². The minimum Gasteiger partial charge on any atom is -0.455 e. The van der Waals surface area contributed by atoms with E-state index in [0.29, 0.717) is 48.9 Å². The van der Waals surface area contributed by atoms with Crippen molar-refractivity contribution >= 4 is 28.4 Å². The number of fused-ring (bicyclic) bond motifs is 1. The van der Waals surface area contributed by atoms with Crippen LogP contribution >= 0.6 is 0 Å². The van der Waals surface area contributed by atoms with Gasteiger partial charge >= 0.3 is 0 Å². The third kappa shape index (κ3) is 5.53. The molecule has 1 aliphatic rings. The first-order chi connectivity index (χ1) is 17.2. The van der Waals surface area contributed by atoms with Crippen molar-refractivity contribution in [2.45, 2.75) is 6.42 Å². The second kappa shape index (κ2) is 10.4. The van der Waals surface area contributed by atoms with Crippen LogP contribution in [0.5, 0.6) is 11.5 Å². The first-order valence-corrected chi connectivity index (χ1v) is 11.9. The molecule has 1 aliphatic heterocycles. The maximum absolute atomic E-state index is 12.9. The van der Waals surface area contributed by atoms with Gasteiger partial charge in [-0.05, 0) is 36.4 Å². The summed E-state index contributed by atoms with van der Waals surface area (Å²) >= 11 is 0. The Kier molecular flexibility index (Phi) is 6.77. The van der Waals surface area contributed by atoms with Crippen molar-refractivity contribution in [1.82, 2.24) is 14.8 Å². The molecule has 1 aromatic heterocycles. The van der Waals surface area contributed by atoms with Crippen LogP contribution in [0.3, 0.4) is 0 Å². The van der Waals surface area contributed by atoms with Gasteiger partial charge in [0.15, 0.2) is 5.75 Å². The zero-order valence-electron chi connectivity index (χ0n) is 19.4. The van der Waals surface area contributed by atoms with Crippen LogP contribution in [0.1, 0.15) is 16.9 Å². The van der Waals surface area contributed by atoms with E-state index in [1.165, 1.54) is 0 Å². The lowest BCUT2D eigenvalue weighted by Crippen LogP contribution is -2.49. The number of ether oxygens (including phenoxy) is 1. The summed E-state index contributed by atoms with van der Waals surface area (Å²) in [4.78, 5) is 32.9. The lowest BCUT2D eigenvalue weighted by Gasteiger charge is -2.34. The van der Waals surface area contributed by atoms with E-state index in [2.05, 4.69) is 15.2 Å². The average molecular weight is 469 g/mol. The van der Waals surface area contributed by atoms with Gasteiger partial charge in [0.2, 0.25) is 5.91 Å². The van der Waals surface area contributed by atoms with Crippen molar-refractivity contribution in [3.63, 3.8) is 0 Å². The predicted octanol–water partition coefficient (Wildman–Crippen LogP) is 4.75. The fourth-order valence-corrected chi connectivity index (χ4v) is 4.28. The van der Waals surface area contributed by atoms with Crippen LogP contribution in [0.15, 0.2) is 84.9 Å². The Morgan fingerprint density at radius 1 is 0.857 bits per heavy atom. The zero-order chi connectivity index (χ0) is 24.0. The Hall–Kier alpha value is -4.10. The van der Waals surface area contributed by atoms with Gasteiger partial charge in [-0.15, -0.1) is 0 Å². The van der Waals surface area contributed by atoms with Gasteiger partial charge in [0.25, 0.3) is 5.91 Å². The minimum absolute atomic E-state index is 0.0219. The third-order valence-electron chi connectivity index (χ3n) is 6.21. The molecule has 3 aromatic carbocycles. The number of hydrogen-bond acceptors (Lipinski definition) is 4. The number of nitrogens with one attached hydrogen (secondary N) is 2. The number of H-pyrrole nitrogens is 1. The van der Waals surface area contributed by atoms with Gasteiger partial charge in [-0.25, -0.2) is 0 Å². The summed E-state index contributed by atoms with van der Waals surface area (Å²) in [5, 5.41) is 4.01. The number of hydrogen-bond donors (Lipinski definition) is 2. The Bertz CT molecular complexity index is 1280. The number of amides is 2. The van der Waals surface area contributed by atoms with E-state index >= 15 is 0 Å². The van der Waals surface area contributed by atoms with Crippen molar-refractivity contribution in [1.29, 1.82) is 0 Å². The Balaban J connectivity index is 1.10. The van der Waals surface area contributed by atoms with Gasteiger partial charge in [0, 0.05) is 50.0 Å². The van der Waals surface area contributed by atoms with Crippen LogP contribution in [0, 0.1) is 0 Å². The number of para-hydroxylation sites is 4. The van der Waals surface area contributed by atoms with Gasteiger partial charge in [0.05, 0.1) is 5.69 Å². The van der Waals surface area contributed by atoms with Crippen LogP contribution in [0.4, 0.5) is 5.69 Å². The predicted molar refractivity (Wildman–Crippen MR) is 137 cm³/mol. The molecule has 0 radical (unpaired) electrons. The number of rotatable bonds is 7. The fourth-order valence-electron chi connectivity index (χ4n) is 4.28. The normalized spacial score (nSPS) is 14.1. The van der Waals surface area contributed by atoms with E-state index < -0.39 is 0 Å². The summed E-state index contributed by atoms with van der Waals surface area (Å²) in [7, 11) is 0. The molecule has 2 amide bonds. The van der Waals surface area contributed by atoms with Crippen LogP contribution in [-0.2, 0) is 4.79 Å². The number of aromatic amines is 1. The van der Waals surface area contributed by atoms with Crippen LogP contribution in [-0.4, -0.2) is 59.3 Å². The molecule has 4 aromatic rings. The second-order valence-corrected chi connectivity index (χ2v) is 8.61. The van der Waals surface area contributed by atoms with Gasteiger partial charge in [-0.2, -0.15) is 0 Å². The number of nitrogens with zero attached hydrogens (tertiary/aromatic N) is 2. The SMILES string of the molecule is O=C(CCN1CCN(C(=O)c2cc3ccccc3[nH]2)CC1)Nc1ccccc1Oc1ccccc1. The summed E-state index contributed by atoms with van der Waals surface area (Å²) in [5.41, 5.74) is 2.24. The lowest BCUT2D eigenvalue weighted by atomic mass is 10.2. The number of piperazine rings is 1. The number of anilines is 1. The quantitative estimate of drug-likeness (QED) is 0.411. The van der Waals surface area contributed by atoms with E-state index in [1.807, 2.05) is 89.8 Å². The topological polar surface area (TPSA) is 77.7 Å². The van der Waals surface area contributed by atoms with Gasteiger partial charge in [0.1, 0.15) is 11.4 Å². The van der Waals surface area contributed by atoms with Gasteiger partial charge in [-0.1, -0.05) is 48.5 Å². The van der Waals surface area contributed by atoms with E-state index in [4.69, 9.17) is 4.74 Å². The number of carbonyl (C=O) groups is 2. The Labute approximate surface area is 204 Å². The summed E-state index contributed by atoms with van der Waals surface area (Å²) in [6.07, 6.45) is 0.371. The van der Waals surface area contributed by atoms with Gasteiger partial charge in [-0.3, -0.25) is 14.5 Å². The lowest BCUT2D eigenvalue weighted by molar-refractivity contribution is -0.116. The fraction of sp³-hybridized carbons (Fsp3) is 0.214. The third-order valence-corrected chi connectivity index (χ3v) is 6.21. The molecule has 2 heterocycles. The molecule has 0 bridgehead atoms. The van der Waals surface area contributed by atoms with Crippen molar-refractivity contribution in [3.05, 3.63) is 90.6 Å². The van der Waals surface area contributed by atoms with Crippen molar-refractivity contribution in [2.24, 2.45) is 0 Å². The molecule has 0 aliphatic carbocycles. The molecule has 178 valence electrons. The van der Waals surface area contributed by atoms with E-state index in [1.54, 1.807) is 0 Å². The van der Waals surface area contributed by atoms with Gasteiger partial charge < -0.3 is 19.9 Å². The molecule has 5 rings (SSSR count). The summed E-state index contributed by atoms with van der Waals surface area (Å²) in [5.74, 6) is 1.28.